The van der Waals surface area contributed by atoms with Gasteiger partial charge in [0.1, 0.15) is 0 Å². The molecule has 0 spiro atoms. The highest BCUT2D eigenvalue weighted by Crippen LogP contribution is 2.47. The predicted molar refractivity (Wildman–Crippen MR) is 46.9 cm³/mol. The van der Waals surface area contributed by atoms with Crippen molar-refractivity contribution in [2.45, 2.75) is 6.42 Å². The van der Waals surface area contributed by atoms with Gasteiger partial charge in [0.25, 0.3) is 0 Å². The number of ketones is 2. The fraction of sp³-hybridized carbons (Fsp3) is 0.273. The monoisotopic (exact) mass is 172 g/mol. The quantitative estimate of drug-likeness (QED) is 0.550. The molecular formula is C11H8O2. The van der Waals surface area contributed by atoms with E-state index in [4.69, 9.17) is 0 Å². The highest BCUT2D eigenvalue weighted by molar-refractivity contribution is 6.25. The van der Waals surface area contributed by atoms with Gasteiger partial charge in [-0.15, -0.1) is 0 Å². The normalized spacial score (nSPS) is 34.8. The first-order chi connectivity index (χ1) is 6.25. The van der Waals surface area contributed by atoms with Crippen molar-refractivity contribution in [3.05, 3.63) is 35.5 Å². The van der Waals surface area contributed by atoms with E-state index in [0.717, 1.165) is 6.42 Å². The van der Waals surface area contributed by atoms with E-state index in [0.29, 0.717) is 23.0 Å². The minimum absolute atomic E-state index is 0.0174. The van der Waals surface area contributed by atoms with Crippen molar-refractivity contribution in [3.8, 4) is 0 Å². The largest absolute Gasteiger partial charge is 0.289 e. The fourth-order valence-electron chi connectivity index (χ4n) is 1.99. The van der Waals surface area contributed by atoms with Crippen LogP contribution in [-0.2, 0) is 9.59 Å². The maximum Gasteiger partial charge on any atom is 0.186 e. The zero-order valence-electron chi connectivity index (χ0n) is 6.99. The van der Waals surface area contributed by atoms with Gasteiger partial charge in [-0.25, -0.2) is 0 Å². The van der Waals surface area contributed by atoms with Crippen LogP contribution >= 0.6 is 0 Å². The van der Waals surface area contributed by atoms with E-state index in [1.54, 1.807) is 0 Å². The van der Waals surface area contributed by atoms with Crippen molar-refractivity contribution >= 4 is 11.6 Å². The molecule has 2 nitrogen and oxygen atoms in total. The lowest BCUT2D eigenvalue weighted by Crippen LogP contribution is -2.17. The molecule has 2 atom stereocenters. The SMILES string of the molecule is O=C1C=CC(=O)C2=CC3CC3C=C12. The number of hydrogen-bond acceptors (Lipinski definition) is 2. The summed E-state index contributed by atoms with van der Waals surface area (Å²) in [7, 11) is 0. The summed E-state index contributed by atoms with van der Waals surface area (Å²) in [6.45, 7) is 0. The van der Waals surface area contributed by atoms with Gasteiger partial charge < -0.3 is 0 Å². The summed E-state index contributed by atoms with van der Waals surface area (Å²) < 4.78 is 0. The molecule has 3 aliphatic carbocycles. The van der Waals surface area contributed by atoms with Gasteiger partial charge in [-0.05, 0) is 30.4 Å². The second-order valence-corrected chi connectivity index (χ2v) is 3.79. The Labute approximate surface area is 75.6 Å². The van der Waals surface area contributed by atoms with E-state index in [1.807, 2.05) is 12.2 Å². The zero-order chi connectivity index (χ0) is 9.00. The standard InChI is InChI=1S/C11H8O2/c12-10-1-2-11(13)9-5-7-3-6(7)4-8(9)10/h1-2,4-7H,3H2. The molecule has 0 aliphatic heterocycles. The molecule has 3 aliphatic rings. The van der Waals surface area contributed by atoms with Gasteiger partial charge >= 0.3 is 0 Å². The van der Waals surface area contributed by atoms with E-state index in [2.05, 4.69) is 0 Å². The zero-order valence-corrected chi connectivity index (χ0v) is 6.99. The molecule has 13 heavy (non-hydrogen) atoms. The number of carbonyl (C=O) groups excluding carboxylic acids is 2. The van der Waals surface area contributed by atoms with Gasteiger partial charge in [0.2, 0.25) is 0 Å². The highest BCUT2D eigenvalue weighted by Gasteiger charge is 2.40. The molecule has 64 valence electrons. The maximum atomic E-state index is 11.4. The van der Waals surface area contributed by atoms with E-state index in [-0.39, 0.29) is 11.6 Å². The molecule has 0 aromatic heterocycles. The average Bonchev–Trinajstić information content (AvgIpc) is 2.87. The summed E-state index contributed by atoms with van der Waals surface area (Å²) in [4.78, 5) is 22.8. The van der Waals surface area contributed by atoms with Crippen LogP contribution in [0.3, 0.4) is 0 Å². The smallest absolute Gasteiger partial charge is 0.186 e. The molecule has 3 rings (SSSR count). The van der Waals surface area contributed by atoms with E-state index < -0.39 is 0 Å². The van der Waals surface area contributed by atoms with Crippen molar-refractivity contribution in [2.75, 3.05) is 0 Å². The summed E-state index contributed by atoms with van der Waals surface area (Å²) in [5.74, 6) is 1.02. The third kappa shape index (κ3) is 0.886. The van der Waals surface area contributed by atoms with E-state index >= 15 is 0 Å². The first kappa shape index (κ1) is 7.01. The Morgan fingerprint density at radius 2 is 1.38 bits per heavy atom. The Hall–Kier alpha value is -1.44. The minimum atomic E-state index is -0.0174. The molecule has 0 saturated heterocycles. The highest BCUT2D eigenvalue weighted by atomic mass is 16.1. The summed E-state index contributed by atoms with van der Waals surface area (Å²) in [6.07, 6.45) is 7.77. The lowest BCUT2D eigenvalue weighted by Gasteiger charge is -2.14. The molecule has 0 aromatic carbocycles. The second-order valence-electron chi connectivity index (χ2n) is 3.79. The number of hydrogen-bond donors (Lipinski definition) is 0. The first-order valence-electron chi connectivity index (χ1n) is 4.46. The van der Waals surface area contributed by atoms with Crippen molar-refractivity contribution < 1.29 is 9.59 Å². The summed E-state index contributed by atoms with van der Waals surface area (Å²) in [5, 5.41) is 0. The molecule has 0 aromatic rings. The van der Waals surface area contributed by atoms with E-state index in [1.165, 1.54) is 12.2 Å². The Morgan fingerprint density at radius 3 is 1.85 bits per heavy atom. The van der Waals surface area contributed by atoms with Crippen LogP contribution in [0.25, 0.3) is 0 Å². The van der Waals surface area contributed by atoms with Crippen LogP contribution in [0, 0.1) is 11.8 Å². The van der Waals surface area contributed by atoms with Crippen LogP contribution in [0.1, 0.15) is 6.42 Å². The third-order valence-electron chi connectivity index (χ3n) is 2.86. The van der Waals surface area contributed by atoms with Crippen LogP contribution in [0.5, 0.6) is 0 Å². The first-order valence-corrected chi connectivity index (χ1v) is 4.46. The lowest BCUT2D eigenvalue weighted by molar-refractivity contribution is -0.115. The van der Waals surface area contributed by atoms with Crippen LogP contribution in [0.15, 0.2) is 35.5 Å². The van der Waals surface area contributed by atoms with Crippen molar-refractivity contribution in [3.63, 3.8) is 0 Å². The summed E-state index contributed by atoms with van der Waals surface area (Å²) >= 11 is 0. The van der Waals surface area contributed by atoms with Gasteiger partial charge in [-0.1, -0.05) is 12.2 Å². The van der Waals surface area contributed by atoms with Gasteiger partial charge in [0.05, 0.1) is 0 Å². The topological polar surface area (TPSA) is 34.1 Å². The Bertz CT molecular complexity index is 372. The van der Waals surface area contributed by atoms with Crippen LogP contribution in [0.4, 0.5) is 0 Å². The Morgan fingerprint density at radius 1 is 0.923 bits per heavy atom. The van der Waals surface area contributed by atoms with Gasteiger partial charge in [0.15, 0.2) is 11.6 Å². The summed E-state index contributed by atoms with van der Waals surface area (Å²) in [6, 6.07) is 0. The number of allylic oxidation sites excluding steroid dienone is 6. The van der Waals surface area contributed by atoms with Crippen LogP contribution in [-0.4, -0.2) is 11.6 Å². The third-order valence-corrected chi connectivity index (χ3v) is 2.86. The molecule has 0 N–H and O–H groups in total. The number of rotatable bonds is 0. The Balaban J connectivity index is 2.17. The average molecular weight is 172 g/mol. The van der Waals surface area contributed by atoms with Crippen molar-refractivity contribution in [1.82, 2.24) is 0 Å². The molecule has 2 heteroatoms. The minimum Gasteiger partial charge on any atom is -0.289 e. The van der Waals surface area contributed by atoms with Gasteiger partial charge in [0, 0.05) is 11.1 Å². The number of fused-ring (bicyclic) bond motifs is 2. The summed E-state index contributed by atoms with van der Waals surface area (Å²) in [5.41, 5.74) is 1.26. The molecule has 1 fully saturated rings. The van der Waals surface area contributed by atoms with E-state index in [9.17, 15) is 9.59 Å². The molecule has 2 unspecified atom stereocenters. The lowest BCUT2D eigenvalue weighted by atomic mass is 9.88. The second kappa shape index (κ2) is 2.08. The van der Waals surface area contributed by atoms with Gasteiger partial charge in [-0.3, -0.25) is 9.59 Å². The molecule has 0 radical (unpaired) electrons. The Kier molecular flexibility index (Phi) is 1.12. The fourth-order valence-corrected chi connectivity index (χ4v) is 1.99. The van der Waals surface area contributed by atoms with Crippen molar-refractivity contribution in [2.24, 2.45) is 11.8 Å². The molecular weight excluding hydrogens is 164 g/mol. The molecule has 1 saturated carbocycles. The molecule has 0 bridgehead atoms. The molecule has 0 amide bonds. The van der Waals surface area contributed by atoms with Crippen LogP contribution < -0.4 is 0 Å². The van der Waals surface area contributed by atoms with Gasteiger partial charge in [-0.2, -0.15) is 0 Å². The maximum absolute atomic E-state index is 11.4. The molecule has 0 heterocycles. The number of carbonyl (C=O) groups is 2. The predicted octanol–water partition coefficient (Wildman–Crippen LogP) is 1.20. The van der Waals surface area contributed by atoms with Crippen molar-refractivity contribution in [1.29, 1.82) is 0 Å². The van der Waals surface area contributed by atoms with Crippen LogP contribution in [0.2, 0.25) is 0 Å².